The van der Waals surface area contributed by atoms with Crippen molar-refractivity contribution in [1.82, 2.24) is 0 Å². The highest BCUT2D eigenvalue weighted by Gasteiger charge is 2.70. The van der Waals surface area contributed by atoms with Crippen LogP contribution in [-0.2, 0) is 14.9 Å². The molecule has 1 aliphatic carbocycles. The van der Waals surface area contributed by atoms with Crippen molar-refractivity contribution in [2.75, 3.05) is 6.54 Å². The zero-order chi connectivity index (χ0) is 12.9. The highest BCUT2D eigenvalue weighted by atomic mass is 35.5. The fourth-order valence-corrected chi connectivity index (χ4v) is 3.26. The average molecular weight is 286 g/mol. The lowest BCUT2D eigenvalue weighted by molar-refractivity contribution is -0.124. The van der Waals surface area contributed by atoms with Gasteiger partial charge in [-0.1, -0.05) is 27.7 Å². The largest absolute Gasteiger partial charge is 0.329 e. The summed E-state index contributed by atoms with van der Waals surface area (Å²) in [7, 11) is -4.41. The molecule has 1 fully saturated rings. The van der Waals surface area contributed by atoms with Gasteiger partial charge in [-0.15, -0.1) is 12.4 Å². The first-order valence-corrected chi connectivity index (χ1v) is 6.72. The minimum atomic E-state index is -4.41. The fourth-order valence-electron chi connectivity index (χ4n) is 2.50. The van der Waals surface area contributed by atoms with Crippen LogP contribution in [0, 0.1) is 16.7 Å². The highest BCUT2D eigenvalue weighted by Crippen LogP contribution is 2.69. The third kappa shape index (κ3) is 2.23. The van der Waals surface area contributed by atoms with Gasteiger partial charge >= 0.3 is 0 Å². The van der Waals surface area contributed by atoms with Crippen molar-refractivity contribution < 1.29 is 17.8 Å². The molecule has 0 heterocycles. The van der Waals surface area contributed by atoms with Crippen molar-refractivity contribution in [2.24, 2.45) is 22.5 Å². The van der Waals surface area contributed by atoms with Crippen LogP contribution >= 0.6 is 12.4 Å². The molecule has 102 valence electrons. The predicted octanol–water partition coefficient (Wildman–Crippen LogP) is 0.875. The summed E-state index contributed by atoms with van der Waals surface area (Å²) in [6.07, 6.45) is 0. The van der Waals surface area contributed by atoms with Gasteiger partial charge in [0.2, 0.25) is 0 Å². The van der Waals surface area contributed by atoms with Gasteiger partial charge in [0.1, 0.15) is 0 Å². The standard InChI is InChI=1S/C10H19NO4S.ClH/c1-6-9(2,3)10(6,4)8(12)7(5-11)16(13,14)15;/h6-7H,5,11H2,1-4H3,(H,13,14,15);1H. The second kappa shape index (κ2) is 4.50. The smallest absolute Gasteiger partial charge is 0.276 e. The van der Waals surface area contributed by atoms with Gasteiger partial charge in [-0.2, -0.15) is 8.42 Å². The molecule has 1 aliphatic rings. The van der Waals surface area contributed by atoms with E-state index < -0.39 is 26.6 Å². The Labute approximate surface area is 108 Å². The van der Waals surface area contributed by atoms with Crippen molar-refractivity contribution in [3.8, 4) is 0 Å². The number of hydrogen-bond acceptors (Lipinski definition) is 4. The number of rotatable bonds is 4. The van der Waals surface area contributed by atoms with Crippen LogP contribution in [-0.4, -0.2) is 30.5 Å². The molecular formula is C10H20ClNO4S. The van der Waals surface area contributed by atoms with Crippen molar-refractivity contribution in [2.45, 2.75) is 32.9 Å². The monoisotopic (exact) mass is 285 g/mol. The van der Waals surface area contributed by atoms with Crippen LogP contribution in [0.15, 0.2) is 0 Å². The van der Waals surface area contributed by atoms with Crippen molar-refractivity contribution in [3.05, 3.63) is 0 Å². The Kier molecular flexibility index (Phi) is 4.45. The molecule has 1 rings (SSSR count). The number of ketones is 1. The molecule has 3 unspecified atom stereocenters. The van der Waals surface area contributed by atoms with Gasteiger partial charge in [-0.25, -0.2) is 0 Å². The van der Waals surface area contributed by atoms with E-state index in [1.54, 1.807) is 6.92 Å². The highest BCUT2D eigenvalue weighted by molar-refractivity contribution is 7.87. The number of nitrogens with two attached hydrogens (primary N) is 1. The molecule has 0 aliphatic heterocycles. The van der Waals surface area contributed by atoms with Crippen LogP contribution in [0.5, 0.6) is 0 Å². The summed E-state index contributed by atoms with van der Waals surface area (Å²) < 4.78 is 31.1. The number of hydrogen-bond donors (Lipinski definition) is 2. The topological polar surface area (TPSA) is 97.5 Å². The first-order chi connectivity index (χ1) is 7.01. The van der Waals surface area contributed by atoms with Gasteiger partial charge in [0.25, 0.3) is 10.1 Å². The fraction of sp³-hybridized carbons (Fsp3) is 0.900. The second-order valence-electron chi connectivity index (χ2n) is 5.25. The first-order valence-electron chi connectivity index (χ1n) is 5.22. The number of carbonyl (C=O) groups excluding carboxylic acids is 1. The Balaban J connectivity index is 0.00000256. The van der Waals surface area contributed by atoms with Gasteiger partial charge in [0, 0.05) is 12.0 Å². The number of Topliss-reactive ketones (excluding diaryl/α,β-unsaturated/α-hetero) is 1. The van der Waals surface area contributed by atoms with Crippen LogP contribution in [0.2, 0.25) is 0 Å². The molecule has 3 atom stereocenters. The third-order valence-corrected chi connectivity index (χ3v) is 5.71. The molecule has 0 aromatic heterocycles. The van der Waals surface area contributed by atoms with E-state index in [-0.39, 0.29) is 30.3 Å². The van der Waals surface area contributed by atoms with Crippen LogP contribution in [0.3, 0.4) is 0 Å². The van der Waals surface area contributed by atoms with Crippen LogP contribution in [0.25, 0.3) is 0 Å². The Morgan fingerprint density at radius 2 is 1.76 bits per heavy atom. The minimum Gasteiger partial charge on any atom is -0.329 e. The molecule has 5 nitrogen and oxygen atoms in total. The minimum absolute atomic E-state index is 0. The van der Waals surface area contributed by atoms with E-state index in [2.05, 4.69) is 0 Å². The maximum Gasteiger partial charge on any atom is 0.276 e. The zero-order valence-corrected chi connectivity index (χ0v) is 12.1. The molecule has 0 saturated heterocycles. The molecule has 17 heavy (non-hydrogen) atoms. The van der Waals surface area contributed by atoms with E-state index in [1.807, 2.05) is 20.8 Å². The molecule has 0 radical (unpaired) electrons. The maximum absolute atomic E-state index is 12.1. The number of halogens is 1. The molecule has 1 saturated carbocycles. The summed E-state index contributed by atoms with van der Waals surface area (Å²) >= 11 is 0. The molecule has 0 amide bonds. The Bertz CT molecular complexity index is 420. The van der Waals surface area contributed by atoms with E-state index in [0.717, 1.165) is 0 Å². The van der Waals surface area contributed by atoms with Crippen LogP contribution in [0.4, 0.5) is 0 Å². The van der Waals surface area contributed by atoms with Crippen LogP contribution in [0.1, 0.15) is 27.7 Å². The summed E-state index contributed by atoms with van der Waals surface area (Å²) in [5, 5.41) is -1.50. The molecule has 7 heteroatoms. The lowest BCUT2D eigenvalue weighted by Crippen LogP contribution is -2.42. The molecular weight excluding hydrogens is 266 g/mol. The van der Waals surface area contributed by atoms with Crippen molar-refractivity contribution >= 4 is 28.3 Å². The first kappa shape index (κ1) is 16.8. The summed E-state index contributed by atoms with van der Waals surface area (Å²) in [6.45, 7) is 7.07. The predicted molar refractivity (Wildman–Crippen MR) is 67.7 cm³/mol. The van der Waals surface area contributed by atoms with E-state index in [0.29, 0.717) is 0 Å². The van der Waals surface area contributed by atoms with Crippen LogP contribution < -0.4 is 5.73 Å². The third-order valence-electron chi connectivity index (χ3n) is 4.58. The van der Waals surface area contributed by atoms with Gasteiger partial charge in [-0.05, 0) is 11.3 Å². The van der Waals surface area contributed by atoms with Gasteiger partial charge < -0.3 is 5.73 Å². The van der Waals surface area contributed by atoms with Crippen molar-refractivity contribution in [1.29, 1.82) is 0 Å². The Morgan fingerprint density at radius 1 is 1.41 bits per heavy atom. The van der Waals surface area contributed by atoms with E-state index in [4.69, 9.17) is 10.3 Å². The molecule has 3 N–H and O–H groups in total. The zero-order valence-electron chi connectivity index (χ0n) is 10.4. The number of carbonyl (C=O) groups is 1. The molecule has 0 bridgehead atoms. The van der Waals surface area contributed by atoms with E-state index in [1.165, 1.54) is 0 Å². The lowest BCUT2D eigenvalue weighted by Gasteiger charge is -2.18. The SMILES string of the molecule is CC1C(C)(C)C1(C)C(=O)C(CN)S(=O)(=O)O.Cl. The summed E-state index contributed by atoms with van der Waals surface area (Å²) in [4.78, 5) is 12.1. The van der Waals surface area contributed by atoms with Crippen molar-refractivity contribution in [3.63, 3.8) is 0 Å². The normalized spacial score (nSPS) is 32.5. The molecule has 0 spiro atoms. The quantitative estimate of drug-likeness (QED) is 0.747. The summed E-state index contributed by atoms with van der Waals surface area (Å²) in [5.41, 5.74) is 4.30. The van der Waals surface area contributed by atoms with Gasteiger partial charge in [0.05, 0.1) is 0 Å². The Hall–Kier alpha value is -0.170. The van der Waals surface area contributed by atoms with E-state index >= 15 is 0 Å². The summed E-state index contributed by atoms with van der Waals surface area (Å²) in [6, 6.07) is 0. The molecule has 0 aromatic rings. The Morgan fingerprint density at radius 3 is 1.94 bits per heavy atom. The average Bonchev–Trinajstić information content (AvgIpc) is 2.50. The van der Waals surface area contributed by atoms with Gasteiger partial charge in [-0.3, -0.25) is 9.35 Å². The second-order valence-corrected chi connectivity index (χ2v) is 6.85. The summed E-state index contributed by atoms with van der Waals surface area (Å²) in [5.74, 6) is -0.390. The molecule has 0 aromatic carbocycles. The maximum atomic E-state index is 12.1. The van der Waals surface area contributed by atoms with E-state index in [9.17, 15) is 13.2 Å². The van der Waals surface area contributed by atoms with Gasteiger partial charge in [0.15, 0.2) is 11.0 Å². The lowest BCUT2D eigenvalue weighted by atomic mass is 9.91.